The van der Waals surface area contributed by atoms with Crippen LogP contribution in [0.1, 0.15) is 33.1 Å². The highest BCUT2D eigenvalue weighted by atomic mass is 16.5. The quantitative estimate of drug-likeness (QED) is 0.759. The molecule has 0 radical (unpaired) electrons. The van der Waals surface area contributed by atoms with Crippen LogP contribution >= 0.6 is 0 Å². The first-order valence-corrected chi connectivity index (χ1v) is 6.95. The summed E-state index contributed by atoms with van der Waals surface area (Å²) in [5.41, 5.74) is 6.39. The molecule has 0 saturated heterocycles. The molecule has 1 rings (SSSR count). The molecule has 0 aliphatic rings. The van der Waals surface area contributed by atoms with E-state index < -0.39 is 0 Å². The minimum absolute atomic E-state index is 0.00780. The zero-order chi connectivity index (χ0) is 14.1. The Balaban J connectivity index is 2.54. The monoisotopic (exact) mass is 264 g/mol. The predicted octanol–water partition coefficient (Wildman–Crippen LogP) is 2.79. The summed E-state index contributed by atoms with van der Waals surface area (Å²) in [5, 5.41) is 2.89. The third-order valence-corrected chi connectivity index (χ3v) is 2.89. The van der Waals surface area contributed by atoms with E-state index in [1.807, 2.05) is 24.3 Å². The number of nitrogens with two attached hydrogens (primary N) is 1. The second-order valence-electron chi connectivity index (χ2n) is 4.58. The SMILES string of the molecule is CCCOc1ccc(NC(=O)C(CN)CCC)cc1. The maximum Gasteiger partial charge on any atom is 0.228 e. The Hall–Kier alpha value is -1.55. The third-order valence-electron chi connectivity index (χ3n) is 2.89. The van der Waals surface area contributed by atoms with Crippen molar-refractivity contribution in [2.75, 3.05) is 18.5 Å². The largest absolute Gasteiger partial charge is 0.494 e. The van der Waals surface area contributed by atoms with Gasteiger partial charge in [0.2, 0.25) is 5.91 Å². The van der Waals surface area contributed by atoms with Crippen molar-refractivity contribution in [2.24, 2.45) is 11.7 Å². The van der Waals surface area contributed by atoms with E-state index in [2.05, 4.69) is 19.2 Å². The molecule has 0 saturated carbocycles. The van der Waals surface area contributed by atoms with Gasteiger partial charge in [-0.05, 0) is 37.1 Å². The molecule has 3 N–H and O–H groups in total. The molecule has 1 amide bonds. The van der Waals surface area contributed by atoms with Gasteiger partial charge in [-0.1, -0.05) is 20.3 Å². The van der Waals surface area contributed by atoms with Gasteiger partial charge in [-0.15, -0.1) is 0 Å². The number of carbonyl (C=O) groups excluding carboxylic acids is 1. The Kier molecular flexibility index (Phi) is 6.97. The zero-order valence-electron chi connectivity index (χ0n) is 11.8. The molecule has 1 aromatic carbocycles. The van der Waals surface area contributed by atoms with Gasteiger partial charge in [0, 0.05) is 12.2 Å². The molecule has 0 aromatic heterocycles. The van der Waals surface area contributed by atoms with Crippen LogP contribution in [-0.4, -0.2) is 19.1 Å². The number of amides is 1. The minimum Gasteiger partial charge on any atom is -0.494 e. The van der Waals surface area contributed by atoms with Gasteiger partial charge >= 0.3 is 0 Å². The maximum atomic E-state index is 12.0. The summed E-state index contributed by atoms with van der Waals surface area (Å²) < 4.78 is 5.49. The highest BCUT2D eigenvalue weighted by molar-refractivity contribution is 5.92. The van der Waals surface area contributed by atoms with Crippen LogP contribution in [0.2, 0.25) is 0 Å². The van der Waals surface area contributed by atoms with Crippen LogP contribution in [0.15, 0.2) is 24.3 Å². The molecule has 4 nitrogen and oxygen atoms in total. The van der Waals surface area contributed by atoms with Crippen molar-refractivity contribution in [3.8, 4) is 5.75 Å². The van der Waals surface area contributed by atoms with Crippen LogP contribution in [0.3, 0.4) is 0 Å². The lowest BCUT2D eigenvalue weighted by Crippen LogP contribution is -2.29. The summed E-state index contributed by atoms with van der Waals surface area (Å²) in [7, 11) is 0. The zero-order valence-corrected chi connectivity index (χ0v) is 11.8. The fourth-order valence-electron chi connectivity index (χ4n) is 1.80. The first kappa shape index (κ1) is 15.5. The molecule has 106 valence electrons. The molecular weight excluding hydrogens is 240 g/mol. The predicted molar refractivity (Wildman–Crippen MR) is 78.3 cm³/mol. The van der Waals surface area contributed by atoms with Gasteiger partial charge in [0.05, 0.1) is 12.5 Å². The Bertz CT molecular complexity index is 376. The Labute approximate surface area is 115 Å². The van der Waals surface area contributed by atoms with Crippen molar-refractivity contribution in [3.05, 3.63) is 24.3 Å². The van der Waals surface area contributed by atoms with Gasteiger partial charge in [0.25, 0.3) is 0 Å². The fraction of sp³-hybridized carbons (Fsp3) is 0.533. The number of hydrogen-bond donors (Lipinski definition) is 2. The lowest BCUT2D eigenvalue weighted by molar-refractivity contribution is -0.119. The Morgan fingerprint density at radius 3 is 2.47 bits per heavy atom. The summed E-state index contributed by atoms with van der Waals surface area (Å²) in [4.78, 5) is 12.0. The second kappa shape index (κ2) is 8.53. The summed E-state index contributed by atoms with van der Waals surface area (Å²) in [5.74, 6) is 0.705. The normalized spacial score (nSPS) is 11.9. The van der Waals surface area contributed by atoms with E-state index in [0.29, 0.717) is 13.2 Å². The summed E-state index contributed by atoms with van der Waals surface area (Å²) in [6.45, 7) is 5.21. The molecule has 0 aliphatic heterocycles. The van der Waals surface area contributed by atoms with Crippen molar-refractivity contribution in [2.45, 2.75) is 33.1 Å². The van der Waals surface area contributed by atoms with E-state index in [0.717, 1.165) is 30.7 Å². The number of anilines is 1. The van der Waals surface area contributed by atoms with Crippen LogP contribution < -0.4 is 15.8 Å². The fourth-order valence-corrected chi connectivity index (χ4v) is 1.80. The Morgan fingerprint density at radius 2 is 1.95 bits per heavy atom. The van der Waals surface area contributed by atoms with Crippen molar-refractivity contribution in [3.63, 3.8) is 0 Å². The third kappa shape index (κ3) is 5.30. The smallest absolute Gasteiger partial charge is 0.228 e. The topological polar surface area (TPSA) is 64.3 Å². The van der Waals surface area contributed by atoms with Crippen molar-refractivity contribution in [1.82, 2.24) is 0 Å². The highest BCUT2D eigenvalue weighted by Gasteiger charge is 2.15. The van der Waals surface area contributed by atoms with E-state index in [-0.39, 0.29) is 11.8 Å². The van der Waals surface area contributed by atoms with Crippen LogP contribution in [0.25, 0.3) is 0 Å². The summed E-state index contributed by atoms with van der Waals surface area (Å²) in [6.07, 6.45) is 2.76. The van der Waals surface area contributed by atoms with Crippen LogP contribution in [0, 0.1) is 5.92 Å². The van der Waals surface area contributed by atoms with Gasteiger partial charge in [-0.25, -0.2) is 0 Å². The van der Waals surface area contributed by atoms with Gasteiger partial charge in [0.1, 0.15) is 5.75 Å². The molecule has 4 heteroatoms. The molecule has 1 unspecified atom stereocenters. The van der Waals surface area contributed by atoms with Crippen LogP contribution in [0.5, 0.6) is 5.75 Å². The number of carbonyl (C=O) groups is 1. The number of hydrogen-bond acceptors (Lipinski definition) is 3. The molecule has 0 fully saturated rings. The lowest BCUT2D eigenvalue weighted by Gasteiger charge is -2.14. The highest BCUT2D eigenvalue weighted by Crippen LogP contribution is 2.17. The van der Waals surface area contributed by atoms with E-state index in [1.165, 1.54) is 0 Å². The number of benzene rings is 1. The second-order valence-corrected chi connectivity index (χ2v) is 4.58. The van der Waals surface area contributed by atoms with Crippen molar-refractivity contribution in [1.29, 1.82) is 0 Å². The van der Waals surface area contributed by atoms with Gasteiger partial charge in [0.15, 0.2) is 0 Å². The first-order valence-electron chi connectivity index (χ1n) is 6.95. The average Bonchev–Trinajstić information content (AvgIpc) is 2.43. The van der Waals surface area contributed by atoms with E-state index in [4.69, 9.17) is 10.5 Å². The molecular formula is C15H24N2O2. The van der Waals surface area contributed by atoms with Crippen LogP contribution in [-0.2, 0) is 4.79 Å². The van der Waals surface area contributed by atoms with Crippen molar-refractivity contribution < 1.29 is 9.53 Å². The van der Waals surface area contributed by atoms with E-state index in [9.17, 15) is 4.79 Å². The van der Waals surface area contributed by atoms with Crippen LogP contribution in [0.4, 0.5) is 5.69 Å². The van der Waals surface area contributed by atoms with Gasteiger partial charge < -0.3 is 15.8 Å². The average molecular weight is 264 g/mol. The standard InChI is InChI=1S/C15H24N2O2/c1-3-5-12(11-16)15(18)17-13-6-8-14(9-7-13)19-10-4-2/h6-9,12H,3-5,10-11,16H2,1-2H3,(H,17,18). The van der Waals surface area contributed by atoms with E-state index >= 15 is 0 Å². The lowest BCUT2D eigenvalue weighted by atomic mass is 10.0. The molecule has 19 heavy (non-hydrogen) atoms. The van der Waals surface area contributed by atoms with Gasteiger partial charge in [-0.2, -0.15) is 0 Å². The van der Waals surface area contributed by atoms with E-state index in [1.54, 1.807) is 0 Å². The molecule has 0 heterocycles. The number of rotatable bonds is 8. The molecule has 1 aromatic rings. The number of ether oxygens (including phenoxy) is 1. The van der Waals surface area contributed by atoms with Crippen molar-refractivity contribution >= 4 is 11.6 Å². The summed E-state index contributed by atoms with van der Waals surface area (Å²) >= 11 is 0. The first-order chi connectivity index (χ1) is 9.21. The molecule has 0 aliphatic carbocycles. The summed E-state index contributed by atoms with van der Waals surface area (Å²) in [6, 6.07) is 7.43. The number of nitrogens with one attached hydrogen (secondary N) is 1. The Morgan fingerprint density at radius 1 is 1.26 bits per heavy atom. The minimum atomic E-state index is -0.110. The molecule has 0 spiro atoms. The molecule has 1 atom stereocenters. The van der Waals surface area contributed by atoms with Gasteiger partial charge in [-0.3, -0.25) is 4.79 Å². The molecule has 0 bridgehead atoms. The maximum absolute atomic E-state index is 12.0.